The zero-order chi connectivity index (χ0) is 20.8. The SMILES string of the molecule is Cc1cc2c(C3CCNCC3)[nH]nc2cc1-c1cc(-c2cncnc2)c2ncnn2c1. The van der Waals surface area contributed by atoms with Gasteiger partial charge in [-0.2, -0.15) is 10.2 Å². The third-order valence-corrected chi connectivity index (χ3v) is 6.23. The zero-order valence-electron chi connectivity index (χ0n) is 17.2. The van der Waals surface area contributed by atoms with Crippen LogP contribution < -0.4 is 5.32 Å². The lowest BCUT2D eigenvalue weighted by molar-refractivity contribution is 0.454. The van der Waals surface area contributed by atoms with E-state index < -0.39 is 0 Å². The van der Waals surface area contributed by atoms with Gasteiger partial charge in [-0.1, -0.05) is 0 Å². The van der Waals surface area contributed by atoms with Gasteiger partial charge < -0.3 is 5.32 Å². The highest BCUT2D eigenvalue weighted by atomic mass is 15.3. The van der Waals surface area contributed by atoms with Crippen molar-refractivity contribution < 1.29 is 0 Å². The van der Waals surface area contributed by atoms with Crippen LogP contribution in [-0.2, 0) is 0 Å². The molecule has 1 saturated heterocycles. The van der Waals surface area contributed by atoms with Crippen LogP contribution in [0, 0.1) is 6.92 Å². The van der Waals surface area contributed by atoms with Crippen LogP contribution in [0.1, 0.15) is 30.0 Å². The molecule has 1 aliphatic rings. The molecule has 8 heteroatoms. The van der Waals surface area contributed by atoms with Gasteiger partial charge in [-0.05, 0) is 62.2 Å². The van der Waals surface area contributed by atoms with E-state index in [-0.39, 0.29) is 0 Å². The van der Waals surface area contributed by atoms with E-state index in [2.05, 4.69) is 60.7 Å². The molecule has 154 valence electrons. The number of hydrogen-bond acceptors (Lipinski definition) is 6. The Balaban J connectivity index is 1.50. The number of hydrogen-bond donors (Lipinski definition) is 2. The van der Waals surface area contributed by atoms with E-state index in [1.54, 1.807) is 18.7 Å². The minimum absolute atomic E-state index is 0.535. The molecule has 6 rings (SSSR count). The first-order valence-electron chi connectivity index (χ1n) is 10.6. The van der Waals surface area contributed by atoms with Gasteiger partial charge in [0.15, 0.2) is 5.65 Å². The Labute approximate surface area is 178 Å². The Bertz CT molecular complexity index is 1380. The average molecular weight is 410 g/mol. The van der Waals surface area contributed by atoms with Crippen molar-refractivity contribution in [1.29, 1.82) is 0 Å². The second-order valence-corrected chi connectivity index (χ2v) is 8.14. The lowest BCUT2D eigenvalue weighted by Gasteiger charge is -2.21. The number of aryl methyl sites for hydroxylation is 1. The highest BCUT2D eigenvalue weighted by Crippen LogP contribution is 2.35. The summed E-state index contributed by atoms with van der Waals surface area (Å²) in [5, 5.41) is 17.0. The van der Waals surface area contributed by atoms with Crippen LogP contribution in [0.2, 0.25) is 0 Å². The summed E-state index contributed by atoms with van der Waals surface area (Å²) in [5.74, 6) is 0.535. The number of piperidine rings is 1. The van der Waals surface area contributed by atoms with E-state index >= 15 is 0 Å². The predicted molar refractivity (Wildman–Crippen MR) is 119 cm³/mol. The van der Waals surface area contributed by atoms with E-state index in [4.69, 9.17) is 0 Å². The number of benzene rings is 1. The van der Waals surface area contributed by atoms with E-state index in [0.29, 0.717) is 5.92 Å². The molecule has 0 amide bonds. The first-order valence-corrected chi connectivity index (χ1v) is 10.6. The van der Waals surface area contributed by atoms with Gasteiger partial charge in [0.1, 0.15) is 12.7 Å². The third kappa shape index (κ3) is 3.07. The number of H-pyrrole nitrogens is 1. The van der Waals surface area contributed by atoms with Gasteiger partial charge in [-0.25, -0.2) is 19.5 Å². The average Bonchev–Trinajstić information content (AvgIpc) is 3.45. The van der Waals surface area contributed by atoms with Crippen molar-refractivity contribution in [3.05, 3.63) is 60.7 Å². The lowest BCUT2D eigenvalue weighted by Crippen LogP contribution is -2.26. The number of pyridine rings is 1. The monoisotopic (exact) mass is 410 g/mol. The summed E-state index contributed by atoms with van der Waals surface area (Å²) in [7, 11) is 0. The molecule has 0 aliphatic carbocycles. The Morgan fingerprint density at radius 2 is 1.81 bits per heavy atom. The van der Waals surface area contributed by atoms with Crippen molar-refractivity contribution in [2.24, 2.45) is 0 Å². The number of nitrogens with one attached hydrogen (secondary N) is 2. The minimum atomic E-state index is 0.535. The molecule has 0 saturated carbocycles. The fourth-order valence-electron chi connectivity index (χ4n) is 4.64. The summed E-state index contributed by atoms with van der Waals surface area (Å²) in [6.07, 6.45) is 11.0. The highest BCUT2D eigenvalue weighted by molar-refractivity contribution is 5.90. The van der Waals surface area contributed by atoms with Crippen molar-refractivity contribution in [2.45, 2.75) is 25.7 Å². The Morgan fingerprint density at radius 3 is 2.65 bits per heavy atom. The smallest absolute Gasteiger partial charge is 0.163 e. The first-order chi connectivity index (χ1) is 15.3. The predicted octanol–water partition coefficient (Wildman–Crippen LogP) is 3.51. The van der Waals surface area contributed by atoms with Crippen LogP contribution >= 0.6 is 0 Å². The Kier molecular flexibility index (Phi) is 4.24. The van der Waals surface area contributed by atoms with Crippen LogP contribution in [0.5, 0.6) is 0 Å². The number of fused-ring (bicyclic) bond motifs is 2. The summed E-state index contributed by atoms with van der Waals surface area (Å²) in [4.78, 5) is 12.8. The standard InChI is InChI=1S/C23H22N8/c1-14-6-20-21(29-30-22(20)15-2-4-24-5-3-15)8-18(14)16-7-19(17-9-25-12-26-10-17)23-27-13-28-31(23)11-16/h6-13,15,24H,2-5H2,1H3,(H,29,30). The number of aromatic amines is 1. The molecule has 0 bridgehead atoms. The summed E-state index contributed by atoms with van der Waals surface area (Å²) in [6, 6.07) is 6.58. The van der Waals surface area contributed by atoms with Crippen LogP contribution in [0.25, 0.3) is 38.8 Å². The van der Waals surface area contributed by atoms with Gasteiger partial charge in [0, 0.05) is 52.3 Å². The zero-order valence-corrected chi connectivity index (χ0v) is 17.2. The summed E-state index contributed by atoms with van der Waals surface area (Å²) in [5.41, 5.74) is 8.30. The molecular weight excluding hydrogens is 388 g/mol. The molecule has 0 atom stereocenters. The quantitative estimate of drug-likeness (QED) is 0.473. The molecule has 5 aromatic rings. The Hall–Kier alpha value is -3.65. The van der Waals surface area contributed by atoms with Gasteiger partial charge in [0.05, 0.1) is 5.52 Å². The maximum Gasteiger partial charge on any atom is 0.163 e. The fraction of sp³-hybridized carbons (Fsp3) is 0.261. The van der Waals surface area contributed by atoms with E-state index in [1.807, 2.05) is 10.7 Å². The van der Waals surface area contributed by atoms with Gasteiger partial charge in [0.25, 0.3) is 0 Å². The fourth-order valence-corrected chi connectivity index (χ4v) is 4.64. The van der Waals surface area contributed by atoms with Gasteiger partial charge in [0.2, 0.25) is 0 Å². The molecule has 8 nitrogen and oxygen atoms in total. The molecule has 31 heavy (non-hydrogen) atoms. The second kappa shape index (κ2) is 7.24. The van der Waals surface area contributed by atoms with Crippen molar-refractivity contribution in [3.63, 3.8) is 0 Å². The summed E-state index contributed by atoms with van der Waals surface area (Å²) in [6.45, 7) is 4.28. The van der Waals surface area contributed by atoms with Crippen LogP contribution in [0.15, 0.2) is 49.4 Å². The van der Waals surface area contributed by atoms with Crippen molar-refractivity contribution in [2.75, 3.05) is 13.1 Å². The van der Waals surface area contributed by atoms with E-state index in [0.717, 1.165) is 59.3 Å². The van der Waals surface area contributed by atoms with Crippen molar-refractivity contribution in [3.8, 4) is 22.3 Å². The van der Waals surface area contributed by atoms with E-state index in [1.165, 1.54) is 23.0 Å². The van der Waals surface area contributed by atoms with Gasteiger partial charge in [-0.15, -0.1) is 0 Å². The molecule has 1 aromatic carbocycles. The van der Waals surface area contributed by atoms with Crippen molar-refractivity contribution in [1.82, 2.24) is 40.1 Å². The van der Waals surface area contributed by atoms with Gasteiger partial charge in [-0.3, -0.25) is 5.10 Å². The van der Waals surface area contributed by atoms with Crippen LogP contribution in [0.4, 0.5) is 0 Å². The topological polar surface area (TPSA) is 96.7 Å². The second-order valence-electron chi connectivity index (χ2n) is 8.14. The molecule has 5 heterocycles. The normalized spacial score (nSPS) is 15.1. The van der Waals surface area contributed by atoms with Crippen LogP contribution in [-0.4, -0.2) is 47.9 Å². The Morgan fingerprint density at radius 1 is 0.968 bits per heavy atom. The number of aromatic nitrogens is 7. The number of nitrogens with zero attached hydrogens (tertiary/aromatic N) is 6. The maximum absolute atomic E-state index is 4.65. The highest BCUT2D eigenvalue weighted by Gasteiger charge is 2.21. The summed E-state index contributed by atoms with van der Waals surface area (Å²) < 4.78 is 1.81. The van der Waals surface area contributed by atoms with Gasteiger partial charge >= 0.3 is 0 Å². The van der Waals surface area contributed by atoms with Crippen LogP contribution in [0.3, 0.4) is 0 Å². The molecular formula is C23H22N8. The molecule has 0 spiro atoms. The molecule has 4 aromatic heterocycles. The lowest BCUT2D eigenvalue weighted by atomic mass is 9.91. The van der Waals surface area contributed by atoms with Crippen molar-refractivity contribution >= 4 is 16.6 Å². The third-order valence-electron chi connectivity index (χ3n) is 6.23. The molecule has 1 fully saturated rings. The summed E-state index contributed by atoms with van der Waals surface area (Å²) >= 11 is 0. The molecule has 2 N–H and O–H groups in total. The minimum Gasteiger partial charge on any atom is -0.317 e. The molecule has 0 radical (unpaired) electrons. The first kappa shape index (κ1) is 18.1. The largest absolute Gasteiger partial charge is 0.317 e. The van der Waals surface area contributed by atoms with E-state index in [9.17, 15) is 0 Å². The maximum atomic E-state index is 4.65. The molecule has 0 unspecified atom stereocenters. The number of rotatable bonds is 3. The molecule has 1 aliphatic heterocycles.